The predicted octanol–water partition coefficient (Wildman–Crippen LogP) is 3.84. The van der Waals surface area contributed by atoms with Gasteiger partial charge >= 0.3 is 12.1 Å². The highest BCUT2D eigenvalue weighted by Crippen LogP contribution is 2.44. The fourth-order valence-electron chi connectivity index (χ4n) is 3.86. The minimum atomic E-state index is -1.05. The monoisotopic (exact) mass is 403 g/mol. The third-order valence-corrected chi connectivity index (χ3v) is 5.17. The van der Waals surface area contributed by atoms with Crippen molar-refractivity contribution in [2.24, 2.45) is 0 Å². The number of fused-ring (bicyclic) bond motifs is 3. The number of amides is 1. The van der Waals surface area contributed by atoms with Gasteiger partial charge in [0.05, 0.1) is 18.2 Å². The molecule has 4 rings (SSSR count). The van der Waals surface area contributed by atoms with Gasteiger partial charge in [0, 0.05) is 12.1 Å². The summed E-state index contributed by atoms with van der Waals surface area (Å²) in [5.74, 6) is -0.616. The lowest BCUT2D eigenvalue weighted by Gasteiger charge is -2.18. The highest BCUT2D eigenvalue weighted by atomic mass is 16.5. The van der Waals surface area contributed by atoms with Gasteiger partial charge in [0.25, 0.3) is 0 Å². The maximum absolute atomic E-state index is 12.5. The lowest BCUT2D eigenvalue weighted by atomic mass is 9.98. The van der Waals surface area contributed by atoms with Crippen LogP contribution < -0.4 is 5.32 Å². The molecule has 1 amide bonds. The van der Waals surface area contributed by atoms with Crippen LogP contribution in [0.25, 0.3) is 11.1 Å². The zero-order valence-corrected chi connectivity index (χ0v) is 16.4. The highest BCUT2D eigenvalue weighted by molar-refractivity contribution is 5.79. The fraction of sp³-hybridized carbons (Fsp3) is 0.217. The number of benzene rings is 2. The van der Waals surface area contributed by atoms with Gasteiger partial charge in [0.15, 0.2) is 0 Å². The van der Waals surface area contributed by atoms with Crippen LogP contribution in [0.2, 0.25) is 0 Å². The summed E-state index contributed by atoms with van der Waals surface area (Å²) in [4.78, 5) is 32.0. The van der Waals surface area contributed by atoms with Crippen molar-refractivity contribution in [3.63, 3.8) is 0 Å². The molecule has 1 aliphatic rings. The zero-order chi connectivity index (χ0) is 21.1. The molecule has 0 bridgehead atoms. The van der Waals surface area contributed by atoms with Crippen molar-refractivity contribution in [1.29, 1.82) is 0 Å². The van der Waals surface area contributed by atoms with E-state index in [4.69, 9.17) is 4.74 Å². The van der Waals surface area contributed by atoms with Crippen LogP contribution in [-0.4, -0.2) is 33.7 Å². The Labute approximate surface area is 173 Å². The second kappa shape index (κ2) is 8.32. The molecule has 3 aromatic rings. The van der Waals surface area contributed by atoms with Gasteiger partial charge in [-0.25, -0.2) is 14.8 Å². The third kappa shape index (κ3) is 4.00. The highest BCUT2D eigenvalue weighted by Gasteiger charge is 2.29. The van der Waals surface area contributed by atoms with E-state index in [0.29, 0.717) is 11.5 Å². The average Bonchev–Trinajstić information content (AvgIpc) is 3.05. The largest absolute Gasteiger partial charge is 0.481 e. The number of carbonyl (C=O) groups is 2. The van der Waals surface area contributed by atoms with Crippen LogP contribution in [-0.2, 0) is 9.53 Å². The number of hydrogen-bond donors (Lipinski definition) is 2. The number of hydrogen-bond acceptors (Lipinski definition) is 5. The third-order valence-electron chi connectivity index (χ3n) is 5.17. The molecule has 0 spiro atoms. The van der Waals surface area contributed by atoms with E-state index in [1.54, 1.807) is 13.0 Å². The molecule has 1 heterocycles. The Balaban J connectivity index is 1.48. The number of carbonyl (C=O) groups excluding carboxylic acids is 1. The number of carboxylic acids is 1. The normalized spacial score (nSPS) is 13.2. The summed E-state index contributed by atoms with van der Waals surface area (Å²) in [7, 11) is 0. The minimum absolute atomic E-state index is 0.0673. The lowest BCUT2D eigenvalue weighted by molar-refractivity contribution is -0.137. The van der Waals surface area contributed by atoms with Crippen LogP contribution >= 0.6 is 0 Å². The first-order chi connectivity index (χ1) is 14.5. The molecule has 1 aromatic heterocycles. The maximum Gasteiger partial charge on any atom is 0.407 e. The summed E-state index contributed by atoms with van der Waals surface area (Å²) >= 11 is 0. The molecule has 30 heavy (non-hydrogen) atoms. The van der Waals surface area contributed by atoms with Gasteiger partial charge in [-0.3, -0.25) is 4.79 Å². The SMILES string of the molecule is Cc1nccc([C@@H](CC(=O)O)NC(=O)OCC2c3ccccc3-c3ccccc32)n1. The molecule has 0 radical (unpaired) electrons. The predicted molar refractivity (Wildman–Crippen MR) is 110 cm³/mol. The van der Waals surface area contributed by atoms with E-state index >= 15 is 0 Å². The van der Waals surface area contributed by atoms with E-state index in [0.717, 1.165) is 22.3 Å². The Morgan fingerprint density at radius 1 is 1.07 bits per heavy atom. The van der Waals surface area contributed by atoms with Crippen molar-refractivity contribution in [1.82, 2.24) is 15.3 Å². The molecule has 0 saturated heterocycles. The second-order valence-corrected chi connectivity index (χ2v) is 7.15. The number of carboxylic acid groups (broad SMARTS) is 1. The van der Waals surface area contributed by atoms with Crippen molar-refractivity contribution < 1.29 is 19.4 Å². The minimum Gasteiger partial charge on any atom is -0.481 e. The van der Waals surface area contributed by atoms with Crippen molar-refractivity contribution in [2.75, 3.05) is 6.61 Å². The summed E-state index contributed by atoms with van der Waals surface area (Å²) in [5, 5.41) is 11.8. The second-order valence-electron chi connectivity index (χ2n) is 7.15. The van der Waals surface area contributed by atoms with Crippen molar-refractivity contribution in [2.45, 2.75) is 25.3 Å². The van der Waals surface area contributed by atoms with E-state index in [2.05, 4.69) is 27.4 Å². The van der Waals surface area contributed by atoms with Crippen LogP contribution in [0.5, 0.6) is 0 Å². The number of ether oxygens (including phenoxy) is 1. The lowest BCUT2D eigenvalue weighted by Crippen LogP contribution is -2.32. The van der Waals surface area contributed by atoms with Crippen LogP contribution in [0.3, 0.4) is 0 Å². The van der Waals surface area contributed by atoms with E-state index in [1.165, 1.54) is 6.20 Å². The van der Waals surface area contributed by atoms with Gasteiger partial charge in [-0.1, -0.05) is 48.5 Å². The first-order valence-electron chi connectivity index (χ1n) is 9.66. The van der Waals surface area contributed by atoms with Gasteiger partial charge in [-0.2, -0.15) is 0 Å². The Bertz CT molecular complexity index is 1050. The molecule has 2 N–H and O–H groups in total. The molecule has 0 unspecified atom stereocenters. The molecule has 7 nitrogen and oxygen atoms in total. The van der Waals surface area contributed by atoms with E-state index in [-0.39, 0.29) is 18.9 Å². The number of nitrogens with one attached hydrogen (secondary N) is 1. The topological polar surface area (TPSA) is 101 Å². The van der Waals surface area contributed by atoms with Crippen molar-refractivity contribution >= 4 is 12.1 Å². The fourth-order valence-corrected chi connectivity index (χ4v) is 3.86. The molecule has 0 fully saturated rings. The summed E-state index contributed by atoms with van der Waals surface area (Å²) in [6.07, 6.45) is 0.548. The Morgan fingerprint density at radius 2 is 1.70 bits per heavy atom. The van der Waals surface area contributed by atoms with Gasteiger partial charge in [0.2, 0.25) is 0 Å². The van der Waals surface area contributed by atoms with Crippen LogP contribution in [0, 0.1) is 6.92 Å². The van der Waals surface area contributed by atoms with E-state index < -0.39 is 18.1 Å². The average molecular weight is 403 g/mol. The smallest absolute Gasteiger partial charge is 0.407 e. The summed E-state index contributed by atoms with van der Waals surface area (Å²) in [6, 6.07) is 16.9. The van der Waals surface area contributed by atoms with Gasteiger partial charge < -0.3 is 15.2 Å². The number of nitrogens with zero attached hydrogens (tertiary/aromatic N) is 2. The standard InChI is InChI=1S/C23H21N3O4/c1-14-24-11-10-20(25-14)21(12-22(27)28)26-23(29)30-13-19-17-8-4-2-6-15(17)16-7-3-5-9-18(16)19/h2-11,19,21H,12-13H2,1H3,(H,26,29)(H,27,28)/t21-/m1/s1. The Morgan fingerprint density at radius 3 is 2.30 bits per heavy atom. The molecule has 2 aromatic carbocycles. The number of aryl methyl sites for hydroxylation is 1. The Kier molecular flexibility index (Phi) is 5.43. The van der Waals surface area contributed by atoms with E-state index in [9.17, 15) is 14.7 Å². The van der Waals surface area contributed by atoms with Crippen LogP contribution in [0.4, 0.5) is 4.79 Å². The molecule has 1 atom stereocenters. The van der Waals surface area contributed by atoms with Crippen LogP contribution in [0.1, 0.15) is 41.0 Å². The number of aliphatic carboxylic acids is 1. The Hall–Kier alpha value is -3.74. The zero-order valence-electron chi connectivity index (χ0n) is 16.4. The summed E-state index contributed by atoms with van der Waals surface area (Å²) in [5.41, 5.74) is 4.93. The summed E-state index contributed by atoms with van der Waals surface area (Å²) < 4.78 is 5.52. The van der Waals surface area contributed by atoms with Gasteiger partial charge in [0.1, 0.15) is 12.4 Å². The summed E-state index contributed by atoms with van der Waals surface area (Å²) in [6.45, 7) is 1.86. The number of aromatic nitrogens is 2. The maximum atomic E-state index is 12.5. The first-order valence-corrected chi connectivity index (χ1v) is 9.66. The molecular weight excluding hydrogens is 382 g/mol. The van der Waals surface area contributed by atoms with Crippen molar-refractivity contribution in [3.05, 3.63) is 83.4 Å². The first kappa shape index (κ1) is 19.6. The molecule has 1 aliphatic carbocycles. The van der Waals surface area contributed by atoms with Crippen molar-refractivity contribution in [3.8, 4) is 11.1 Å². The van der Waals surface area contributed by atoms with Gasteiger partial charge in [-0.15, -0.1) is 0 Å². The number of alkyl carbamates (subject to hydrolysis) is 1. The van der Waals surface area contributed by atoms with Gasteiger partial charge in [-0.05, 0) is 35.2 Å². The molecule has 0 saturated carbocycles. The molecule has 152 valence electrons. The van der Waals surface area contributed by atoms with Crippen LogP contribution in [0.15, 0.2) is 60.8 Å². The van der Waals surface area contributed by atoms with E-state index in [1.807, 2.05) is 36.4 Å². The number of rotatable bonds is 6. The molecule has 7 heteroatoms. The molecular formula is C23H21N3O4. The quantitative estimate of drug-likeness (QED) is 0.648. The molecule has 0 aliphatic heterocycles.